The Morgan fingerprint density at radius 1 is 1.39 bits per heavy atom. The standard InChI is InChI=1S/C11H7BrN2O4/c12-8-2-1-6(9(5-8)14(17)18)3-7-4-10(15)13-11(7)16/h1-3,5H,4H2,(H,13,15,16)/b7-3-. The van der Waals surface area contributed by atoms with E-state index in [1.807, 2.05) is 0 Å². The second-order valence-electron chi connectivity index (χ2n) is 3.68. The Kier molecular flexibility index (Phi) is 3.24. The molecule has 1 aliphatic heterocycles. The van der Waals surface area contributed by atoms with E-state index in [0.29, 0.717) is 10.0 Å². The minimum Gasteiger partial charge on any atom is -0.292 e. The van der Waals surface area contributed by atoms with Crippen LogP contribution in [0.4, 0.5) is 5.69 Å². The van der Waals surface area contributed by atoms with Gasteiger partial charge in [-0.15, -0.1) is 0 Å². The van der Waals surface area contributed by atoms with Crippen molar-refractivity contribution in [3.05, 3.63) is 43.9 Å². The summed E-state index contributed by atoms with van der Waals surface area (Å²) in [7, 11) is 0. The molecular weight excluding hydrogens is 304 g/mol. The maximum atomic E-state index is 11.4. The third-order valence-corrected chi connectivity index (χ3v) is 2.91. The van der Waals surface area contributed by atoms with Crippen molar-refractivity contribution in [2.24, 2.45) is 0 Å². The zero-order chi connectivity index (χ0) is 13.3. The quantitative estimate of drug-likeness (QED) is 0.390. The number of hydrogen-bond acceptors (Lipinski definition) is 4. The fourth-order valence-corrected chi connectivity index (χ4v) is 1.95. The van der Waals surface area contributed by atoms with Gasteiger partial charge < -0.3 is 0 Å². The molecule has 0 aliphatic carbocycles. The first-order valence-electron chi connectivity index (χ1n) is 4.96. The third kappa shape index (κ3) is 2.45. The molecule has 0 radical (unpaired) electrons. The van der Waals surface area contributed by atoms with E-state index in [2.05, 4.69) is 21.2 Å². The van der Waals surface area contributed by atoms with Crippen LogP contribution in [0, 0.1) is 10.1 Å². The van der Waals surface area contributed by atoms with Crippen molar-refractivity contribution in [3.8, 4) is 0 Å². The van der Waals surface area contributed by atoms with Crippen LogP contribution in [0.15, 0.2) is 28.2 Å². The molecular formula is C11H7BrN2O4. The van der Waals surface area contributed by atoms with E-state index in [4.69, 9.17) is 0 Å². The Labute approximate surface area is 110 Å². The van der Waals surface area contributed by atoms with Gasteiger partial charge in [0.2, 0.25) is 5.91 Å². The second kappa shape index (κ2) is 4.69. The molecule has 1 saturated heterocycles. The van der Waals surface area contributed by atoms with Crippen LogP contribution in [-0.2, 0) is 9.59 Å². The van der Waals surface area contributed by atoms with Crippen molar-refractivity contribution in [2.45, 2.75) is 6.42 Å². The van der Waals surface area contributed by atoms with Crippen LogP contribution in [0.3, 0.4) is 0 Å². The molecule has 18 heavy (non-hydrogen) atoms. The van der Waals surface area contributed by atoms with Gasteiger partial charge in [0.15, 0.2) is 0 Å². The zero-order valence-corrected chi connectivity index (χ0v) is 10.6. The minimum absolute atomic E-state index is 0.0496. The van der Waals surface area contributed by atoms with E-state index in [0.717, 1.165) is 0 Å². The monoisotopic (exact) mass is 310 g/mol. The van der Waals surface area contributed by atoms with E-state index in [1.54, 1.807) is 6.07 Å². The van der Waals surface area contributed by atoms with Crippen molar-refractivity contribution >= 4 is 39.5 Å². The average Bonchev–Trinajstić information content (AvgIpc) is 2.60. The van der Waals surface area contributed by atoms with E-state index in [9.17, 15) is 19.7 Å². The molecule has 1 aliphatic rings. The van der Waals surface area contributed by atoms with Gasteiger partial charge in [0.25, 0.3) is 11.6 Å². The summed E-state index contributed by atoms with van der Waals surface area (Å²) >= 11 is 3.14. The van der Waals surface area contributed by atoms with Gasteiger partial charge in [-0.2, -0.15) is 0 Å². The summed E-state index contributed by atoms with van der Waals surface area (Å²) in [4.78, 5) is 32.7. The molecule has 1 N–H and O–H groups in total. The number of carbonyl (C=O) groups excluding carboxylic acids is 2. The van der Waals surface area contributed by atoms with Crippen molar-refractivity contribution in [1.82, 2.24) is 5.32 Å². The number of halogens is 1. The van der Waals surface area contributed by atoms with Gasteiger partial charge in [0, 0.05) is 16.1 Å². The molecule has 2 rings (SSSR count). The number of amides is 2. The Hall–Kier alpha value is -2.02. The van der Waals surface area contributed by atoms with Gasteiger partial charge in [0.05, 0.1) is 16.9 Å². The van der Waals surface area contributed by atoms with Crippen LogP contribution >= 0.6 is 15.9 Å². The van der Waals surface area contributed by atoms with Crippen LogP contribution in [0.5, 0.6) is 0 Å². The molecule has 0 saturated carbocycles. The van der Waals surface area contributed by atoms with E-state index in [1.165, 1.54) is 18.2 Å². The molecule has 0 aromatic heterocycles. The molecule has 1 heterocycles. The van der Waals surface area contributed by atoms with Gasteiger partial charge in [-0.25, -0.2) is 0 Å². The molecule has 0 unspecified atom stereocenters. The summed E-state index contributed by atoms with van der Waals surface area (Å²) in [6.45, 7) is 0. The first-order chi connectivity index (χ1) is 8.47. The predicted octanol–water partition coefficient (Wildman–Crippen LogP) is 1.79. The summed E-state index contributed by atoms with van der Waals surface area (Å²) in [5.41, 5.74) is 0.400. The number of hydrogen-bond donors (Lipinski definition) is 1. The van der Waals surface area contributed by atoms with E-state index < -0.39 is 16.7 Å². The molecule has 1 fully saturated rings. The van der Waals surface area contributed by atoms with Crippen LogP contribution < -0.4 is 5.32 Å². The highest BCUT2D eigenvalue weighted by molar-refractivity contribution is 9.10. The number of rotatable bonds is 2. The predicted molar refractivity (Wildman–Crippen MR) is 66.5 cm³/mol. The second-order valence-corrected chi connectivity index (χ2v) is 4.60. The van der Waals surface area contributed by atoms with Gasteiger partial charge in [-0.05, 0) is 18.2 Å². The first-order valence-corrected chi connectivity index (χ1v) is 5.75. The summed E-state index contributed by atoms with van der Waals surface area (Å²) in [5, 5.41) is 13.0. The first kappa shape index (κ1) is 12.4. The summed E-state index contributed by atoms with van der Waals surface area (Å²) < 4.78 is 0.572. The SMILES string of the molecule is O=C1C/C(=C/c2ccc(Br)cc2[N+](=O)[O-])C(=O)N1. The van der Waals surface area contributed by atoms with Crippen LogP contribution in [0.2, 0.25) is 0 Å². The van der Waals surface area contributed by atoms with Gasteiger partial charge >= 0.3 is 0 Å². The van der Waals surface area contributed by atoms with Crippen molar-refractivity contribution in [1.29, 1.82) is 0 Å². The van der Waals surface area contributed by atoms with E-state index >= 15 is 0 Å². The molecule has 0 bridgehead atoms. The lowest BCUT2D eigenvalue weighted by Crippen LogP contribution is -2.19. The third-order valence-electron chi connectivity index (χ3n) is 2.41. The Bertz CT molecular complexity index is 595. The molecule has 1 aromatic rings. The van der Waals surface area contributed by atoms with Crippen LogP contribution in [0.1, 0.15) is 12.0 Å². The van der Waals surface area contributed by atoms with Crippen molar-refractivity contribution in [3.63, 3.8) is 0 Å². The molecule has 92 valence electrons. The smallest absolute Gasteiger partial charge is 0.277 e. The zero-order valence-electron chi connectivity index (χ0n) is 8.97. The number of imide groups is 1. The minimum atomic E-state index is -0.536. The lowest BCUT2D eigenvalue weighted by molar-refractivity contribution is -0.385. The Balaban J connectivity index is 2.46. The number of carbonyl (C=O) groups is 2. The van der Waals surface area contributed by atoms with Gasteiger partial charge in [-0.3, -0.25) is 25.0 Å². The normalized spacial score (nSPS) is 17.1. The molecule has 0 atom stereocenters. The number of nitro groups is 1. The van der Waals surface area contributed by atoms with Crippen LogP contribution in [-0.4, -0.2) is 16.7 Å². The van der Waals surface area contributed by atoms with Crippen LogP contribution in [0.25, 0.3) is 6.08 Å². The molecule has 7 heteroatoms. The lowest BCUT2D eigenvalue weighted by atomic mass is 10.1. The lowest BCUT2D eigenvalue weighted by Gasteiger charge is -1.99. The summed E-state index contributed by atoms with van der Waals surface area (Å²) in [6.07, 6.45) is 1.32. The number of nitrogens with zero attached hydrogens (tertiary/aromatic N) is 1. The maximum absolute atomic E-state index is 11.4. The highest BCUT2D eigenvalue weighted by atomic mass is 79.9. The maximum Gasteiger partial charge on any atom is 0.277 e. The van der Waals surface area contributed by atoms with Crippen molar-refractivity contribution in [2.75, 3.05) is 0 Å². The fourth-order valence-electron chi connectivity index (χ4n) is 1.61. The molecule has 2 amide bonds. The summed E-state index contributed by atoms with van der Waals surface area (Å²) in [5.74, 6) is -0.900. The number of benzene rings is 1. The highest BCUT2D eigenvalue weighted by Gasteiger charge is 2.25. The fraction of sp³-hybridized carbons (Fsp3) is 0.0909. The molecule has 1 aromatic carbocycles. The highest BCUT2D eigenvalue weighted by Crippen LogP contribution is 2.26. The van der Waals surface area contributed by atoms with Gasteiger partial charge in [0.1, 0.15) is 0 Å². The largest absolute Gasteiger partial charge is 0.292 e. The Morgan fingerprint density at radius 3 is 2.67 bits per heavy atom. The topological polar surface area (TPSA) is 89.3 Å². The summed E-state index contributed by atoms with van der Waals surface area (Å²) in [6, 6.07) is 4.50. The number of nitro benzene ring substituents is 1. The Morgan fingerprint density at radius 2 is 2.11 bits per heavy atom. The number of nitrogens with one attached hydrogen (secondary N) is 1. The van der Waals surface area contributed by atoms with Crippen molar-refractivity contribution < 1.29 is 14.5 Å². The average molecular weight is 311 g/mol. The van der Waals surface area contributed by atoms with E-state index in [-0.39, 0.29) is 17.7 Å². The van der Waals surface area contributed by atoms with Gasteiger partial charge in [-0.1, -0.05) is 15.9 Å². The molecule has 6 nitrogen and oxygen atoms in total. The molecule has 0 spiro atoms.